The molecule has 6 nitrogen and oxygen atoms in total. The van der Waals surface area contributed by atoms with E-state index in [1.54, 1.807) is 26.8 Å². The van der Waals surface area contributed by atoms with Crippen LogP contribution in [-0.4, -0.2) is 59.0 Å². The first-order valence-corrected chi connectivity index (χ1v) is 8.47. The molecule has 0 radical (unpaired) electrons. The van der Waals surface area contributed by atoms with Crippen LogP contribution in [0.4, 0.5) is 4.79 Å². The van der Waals surface area contributed by atoms with Crippen molar-refractivity contribution < 1.29 is 19.6 Å². The summed E-state index contributed by atoms with van der Waals surface area (Å²) >= 11 is 0. The lowest BCUT2D eigenvalue weighted by Crippen LogP contribution is -2.40. The summed E-state index contributed by atoms with van der Waals surface area (Å²) in [7, 11) is 2.33. The Labute approximate surface area is 149 Å². The van der Waals surface area contributed by atoms with Crippen molar-refractivity contribution in [3.63, 3.8) is 0 Å². The van der Waals surface area contributed by atoms with Gasteiger partial charge in [0.05, 0.1) is 11.1 Å². The Kier molecular flexibility index (Phi) is 5.93. The predicted octanol–water partition coefficient (Wildman–Crippen LogP) is 1.60. The Hall–Kier alpha value is -1.83. The minimum atomic E-state index is -1.75. The second-order valence-corrected chi connectivity index (χ2v) is 7.56. The van der Waals surface area contributed by atoms with Gasteiger partial charge in [0.25, 0.3) is 0 Å². The number of fused-ring (bicyclic) bond motifs is 1. The van der Waals surface area contributed by atoms with Crippen molar-refractivity contribution >= 4 is 29.7 Å². The Morgan fingerprint density at radius 3 is 2.48 bits per heavy atom. The van der Waals surface area contributed by atoms with E-state index < -0.39 is 18.8 Å². The van der Waals surface area contributed by atoms with Crippen LogP contribution in [0.15, 0.2) is 24.3 Å². The van der Waals surface area contributed by atoms with E-state index in [0.717, 1.165) is 30.3 Å². The van der Waals surface area contributed by atoms with Crippen molar-refractivity contribution in [2.24, 2.45) is 0 Å². The normalized spacial score (nSPS) is 12.0. The molecular formula is C18H27BN2O4. The molecule has 1 heterocycles. The highest BCUT2D eigenvalue weighted by molar-refractivity contribution is 6.59. The van der Waals surface area contributed by atoms with E-state index in [2.05, 4.69) is 4.90 Å². The molecule has 2 rings (SSSR count). The number of nitrogens with zero attached hydrogens (tertiary/aromatic N) is 2. The lowest BCUT2D eigenvalue weighted by Gasteiger charge is -2.21. The van der Waals surface area contributed by atoms with Crippen LogP contribution < -0.4 is 5.59 Å². The highest BCUT2D eigenvalue weighted by atomic mass is 16.6. The molecule has 136 valence electrons. The summed E-state index contributed by atoms with van der Waals surface area (Å²) in [5.74, 6) is 0. The van der Waals surface area contributed by atoms with E-state index >= 15 is 0 Å². The SMILES string of the molecule is CN(C)CCCc1ccc2c(c1)cc(B(O)O)n2C(=O)OC(C)(C)C. The van der Waals surface area contributed by atoms with Gasteiger partial charge < -0.3 is 19.7 Å². The number of aromatic nitrogens is 1. The smallest absolute Gasteiger partial charge is 0.443 e. The maximum atomic E-state index is 12.5. The highest BCUT2D eigenvalue weighted by Crippen LogP contribution is 2.20. The molecule has 1 aromatic heterocycles. The van der Waals surface area contributed by atoms with Crippen LogP contribution in [-0.2, 0) is 11.2 Å². The molecule has 0 saturated heterocycles. The number of carbonyl (C=O) groups excluding carboxylic acids is 1. The van der Waals surface area contributed by atoms with Gasteiger partial charge in [0.15, 0.2) is 0 Å². The van der Waals surface area contributed by atoms with Crippen molar-refractivity contribution in [2.45, 2.75) is 39.2 Å². The average Bonchev–Trinajstić information content (AvgIpc) is 2.84. The molecule has 1 aromatic carbocycles. The molecule has 0 atom stereocenters. The van der Waals surface area contributed by atoms with Crippen molar-refractivity contribution in [3.05, 3.63) is 29.8 Å². The van der Waals surface area contributed by atoms with Crippen LogP contribution >= 0.6 is 0 Å². The van der Waals surface area contributed by atoms with Gasteiger partial charge in [-0.15, -0.1) is 0 Å². The fourth-order valence-corrected chi connectivity index (χ4v) is 2.74. The monoisotopic (exact) mass is 346 g/mol. The van der Waals surface area contributed by atoms with Crippen molar-refractivity contribution in [1.82, 2.24) is 9.47 Å². The molecule has 25 heavy (non-hydrogen) atoms. The van der Waals surface area contributed by atoms with Crippen molar-refractivity contribution in [2.75, 3.05) is 20.6 Å². The molecule has 7 heteroatoms. The van der Waals surface area contributed by atoms with E-state index in [9.17, 15) is 14.8 Å². The first-order valence-electron chi connectivity index (χ1n) is 8.47. The van der Waals surface area contributed by atoms with Gasteiger partial charge in [-0.1, -0.05) is 6.07 Å². The van der Waals surface area contributed by atoms with Crippen LogP contribution in [0.1, 0.15) is 32.8 Å². The fourth-order valence-electron chi connectivity index (χ4n) is 2.74. The molecule has 0 aliphatic rings. The molecule has 2 aromatic rings. The number of carbonyl (C=O) groups is 1. The quantitative estimate of drug-likeness (QED) is 0.805. The number of rotatable bonds is 5. The van der Waals surface area contributed by atoms with E-state index in [1.165, 1.54) is 4.57 Å². The number of hydrogen-bond acceptors (Lipinski definition) is 5. The average molecular weight is 346 g/mol. The van der Waals surface area contributed by atoms with Gasteiger partial charge in [-0.05, 0) is 78.0 Å². The number of ether oxygens (including phenoxy) is 1. The van der Waals surface area contributed by atoms with Crippen LogP contribution in [0, 0.1) is 0 Å². The van der Waals surface area contributed by atoms with E-state index in [-0.39, 0.29) is 5.59 Å². The second-order valence-electron chi connectivity index (χ2n) is 7.56. The third-order valence-corrected chi connectivity index (χ3v) is 3.81. The number of benzene rings is 1. The largest absolute Gasteiger partial charge is 0.506 e. The minimum Gasteiger partial charge on any atom is -0.443 e. The third-order valence-electron chi connectivity index (χ3n) is 3.81. The Morgan fingerprint density at radius 2 is 1.92 bits per heavy atom. The molecular weight excluding hydrogens is 319 g/mol. The summed E-state index contributed by atoms with van der Waals surface area (Å²) in [6.07, 6.45) is 1.33. The van der Waals surface area contributed by atoms with Crippen molar-refractivity contribution in [1.29, 1.82) is 0 Å². The molecule has 0 saturated carbocycles. The van der Waals surface area contributed by atoms with Crippen LogP contribution in [0.25, 0.3) is 10.9 Å². The third kappa shape index (κ3) is 5.07. The Balaban J connectivity index is 2.37. The van der Waals surface area contributed by atoms with Crippen LogP contribution in [0.5, 0.6) is 0 Å². The minimum absolute atomic E-state index is 0.106. The summed E-state index contributed by atoms with van der Waals surface area (Å²) in [5, 5.41) is 20.1. The van der Waals surface area contributed by atoms with Gasteiger partial charge in [-0.25, -0.2) is 4.79 Å². The van der Waals surface area contributed by atoms with Gasteiger partial charge >= 0.3 is 13.2 Å². The number of hydrogen-bond donors (Lipinski definition) is 2. The van der Waals surface area contributed by atoms with Gasteiger partial charge in [0.2, 0.25) is 0 Å². The lowest BCUT2D eigenvalue weighted by molar-refractivity contribution is 0.0547. The summed E-state index contributed by atoms with van der Waals surface area (Å²) in [5.41, 5.74) is 1.19. The molecule has 0 amide bonds. The summed E-state index contributed by atoms with van der Waals surface area (Å²) in [6, 6.07) is 7.40. The lowest BCUT2D eigenvalue weighted by atomic mass is 9.86. The molecule has 0 bridgehead atoms. The summed E-state index contributed by atoms with van der Waals surface area (Å²) in [4.78, 5) is 14.6. The van der Waals surface area contributed by atoms with Crippen LogP contribution in [0.2, 0.25) is 0 Å². The highest BCUT2D eigenvalue weighted by Gasteiger charge is 2.27. The van der Waals surface area contributed by atoms with E-state index in [0.29, 0.717) is 5.52 Å². The van der Waals surface area contributed by atoms with Gasteiger partial charge in [0.1, 0.15) is 5.60 Å². The maximum Gasteiger partial charge on any atom is 0.506 e. The Bertz CT molecular complexity index is 747. The zero-order valence-electron chi connectivity index (χ0n) is 15.6. The topological polar surface area (TPSA) is 74.9 Å². The van der Waals surface area contributed by atoms with E-state index in [4.69, 9.17) is 4.74 Å². The first kappa shape index (κ1) is 19.5. The van der Waals surface area contributed by atoms with E-state index in [1.807, 2.05) is 32.3 Å². The standard InChI is InChI=1S/C18H27BN2O4/c1-18(2,3)25-17(22)21-15-9-8-13(7-6-10-20(4)5)11-14(15)12-16(21)19(23)24/h8-9,11-12,23-24H,6-7,10H2,1-5H3. The van der Waals surface area contributed by atoms with Gasteiger partial charge in [0, 0.05) is 5.39 Å². The summed E-state index contributed by atoms with van der Waals surface area (Å²) in [6.45, 7) is 6.31. The fraction of sp³-hybridized carbons (Fsp3) is 0.500. The molecule has 2 N–H and O–H groups in total. The van der Waals surface area contributed by atoms with Gasteiger partial charge in [-0.2, -0.15) is 0 Å². The maximum absolute atomic E-state index is 12.5. The molecule has 0 aliphatic carbocycles. The molecule has 0 unspecified atom stereocenters. The van der Waals surface area contributed by atoms with Crippen molar-refractivity contribution in [3.8, 4) is 0 Å². The van der Waals surface area contributed by atoms with Crippen LogP contribution in [0.3, 0.4) is 0 Å². The zero-order chi connectivity index (χ0) is 18.8. The first-order chi connectivity index (χ1) is 11.6. The predicted molar refractivity (Wildman–Crippen MR) is 100 cm³/mol. The molecule has 0 spiro atoms. The molecule has 0 fully saturated rings. The number of aryl methyl sites for hydroxylation is 1. The second kappa shape index (κ2) is 7.60. The summed E-state index contributed by atoms with van der Waals surface area (Å²) < 4.78 is 6.63. The Morgan fingerprint density at radius 1 is 1.24 bits per heavy atom. The molecule has 0 aliphatic heterocycles. The van der Waals surface area contributed by atoms with Gasteiger partial charge in [-0.3, -0.25) is 4.57 Å². The zero-order valence-corrected chi connectivity index (χ0v) is 15.6.